The summed E-state index contributed by atoms with van der Waals surface area (Å²) in [6, 6.07) is 0. The average molecular weight is 158 g/mol. The Labute approximate surface area is 68.6 Å². The highest BCUT2D eigenvalue weighted by Gasteiger charge is 2.32. The second-order valence-corrected chi connectivity index (χ2v) is 3.57. The third-order valence-electron chi connectivity index (χ3n) is 2.80. The van der Waals surface area contributed by atoms with E-state index in [1.54, 1.807) is 7.11 Å². The molecule has 3 unspecified atom stereocenters. The molecule has 1 saturated carbocycles. The Kier molecular flexibility index (Phi) is 3.34. The number of hydrogen-bond donors (Lipinski definition) is 1. The van der Waals surface area contributed by atoms with Gasteiger partial charge in [-0.1, -0.05) is 6.92 Å². The maximum Gasteiger partial charge on any atom is 0.0571 e. The number of hydrogen-bond acceptors (Lipinski definition) is 2. The van der Waals surface area contributed by atoms with Crippen molar-refractivity contribution in [1.82, 2.24) is 0 Å². The Balaban J connectivity index is 2.13. The summed E-state index contributed by atoms with van der Waals surface area (Å²) in [6.07, 6.45) is 3.26. The molecule has 0 aromatic heterocycles. The van der Waals surface area contributed by atoms with Crippen molar-refractivity contribution >= 4 is 0 Å². The molecule has 0 aromatic carbocycles. The van der Waals surface area contributed by atoms with Crippen molar-refractivity contribution in [1.29, 1.82) is 0 Å². The van der Waals surface area contributed by atoms with Crippen LogP contribution in [0.2, 0.25) is 0 Å². The number of rotatable bonds is 4. The van der Waals surface area contributed by atoms with Gasteiger partial charge < -0.3 is 9.84 Å². The van der Waals surface area contributed by atoms with E-state index in [2.05, 4.69) is 6.92 Å². The minimum Gasteiger partial charge on any atom is -0.393 e. The second-order valence-electron chi connectivity index (χ2n) is 3.57. The van der Waals surface area contributed by atoms with Crippen LogP contribution in [0.15, 0.2) is 0 Å². The minimum atomic E-state index is -0.0261. The molecular weight excluding hydrogens is 140 g/mol. The van der Waals surface area contributed by atoms with Crippen LogP contribution < -0.4 is 0 Å². The molecule has 1 fully saturated rings. The van der Waals surface area contributed by atoms with E-state index in [1.165, 1.54) is 6.42 Å². The Hall–Kier alpha value is -0.0800. The van der Waals surface area contributed by atoms with Gasteiger partial charge in [-0.3, -0.25) is 0 Å². The Morgan fingerprint density at radius 2 is 2.27 bits per heavy atom. The number of aliphatic hydroxyl groups is 1. The summed E-state index contributed by atoms with van der Waals surface area (Å²) < 4.78 is 4.98. The summed E-state index contributed by atoms with van der Waals surface area (Å²) in [5.74, 6) is 1.17. The minimum absolute atomic E-state index is 0.0261. The third-order valence-corrected chi connectivity index (χ3v) is 2.80. The Morgan fingerprint density at radius 3 is 2.64 bits per heavy atom. The molecular formula is C9H18O2. The maximum absolute atomic E-state index is 9.34. The van der Waals surface area contributed by atoms with Crippen LogP contribution >= 0.6 is 0 Å². The van der Waals surface area contributed by atoms with Crippen LogP contribution in [0.25, 0.3) is 0 Å². The highest BCUT2D eigenvalue weighted by atomic mass is 16.5. The van der Waals surface area contributed by atoms with Gasteiger partial charge in [-0.05, 0) is 31.1 Å². The first-order chi connectivity index (χ1) is 5.25. The smallest absolute Gasteiger partial charge is 0.0571 e. The fraction of sp³-hybridized carbons (Fsp3) is 1.00. The van der Waals surface area contributed by atoms with Gasteiger partial charge in [0.15, 0.2) is 0 Å². The van der Waals surface area contributed by atoms with Gasteiger partial charge in [0.05, 0.1) is 6.10 Å². The van der Waals surface area contributed by atoms with E-state index in [9.17, 15) is 5.11 Å². The van der Waals surface area contributed by atoms with E-state index in [4.69, 9.17) is 4.74 Å². The first kappa shape index (κ1) is 9.01. The lowest BCUT2D eigenvalue weighted by atomic mass is 9.73. The zero-order chi connectivity index (χ0) is 8.27. The maximum atomic E-state index is 9.34. The van der Waals surface area contributed by atoms with E-state index in [1.807, 2.05) is 0 Å². The third kappa shape index (κ3) is 2.17. The molecule has 1 rings (SSSR count). The van der Waals surface area contributed by atoms with Gasteiger partial charge in [-0.15, -0.1) is 0 Å². The number of methoxy groups -OCH3 is 1. The Bertz CT molecular complexity index is 114. The fourth-order valence-electron chi connectivity index (χ4n) is 1.69. The van der Waals surface area contributed by atoms with Crippen molar-refractivity contribution in [3.8, 4) is 0 Å². The molecule has 1 aliphatic rings. The second kappa shape index (κ2) is 4.07. The quantitative estimate of drug-likeness (QED) is 0.670. The zero-order valence-electron chi connectivity index (χ0n) is 7.42. The highest BCUT2D eigenvalue weighted by molar-refractivity contribution is 4.83. The summed E-state index contributed by atoms with van der Waals surface area (Å²) in [5, 5.41) is 9.34. The average Bonchev–Trinajstić information content (AvgIpc) is 1.98. The van der Waals surface area contributed by atoms with Crippen LogP contribution in [0.3, 0.4) is 0 Å². The largest absolute Gasteiger partial charge is 0.393 e. The van der Waals surface area contributed by atoms with Crippen molar-refractivity contribution in [3.05, 3.63) is 0 Å². The summed E-state index contributed by atoms with van der Waals surface area (Å²) in [6.45, 7) is 3.02. The van der Waals surface area contributed by atoms with Crippen molar-refractivity contribution < 1.29 is 9.84 Å². The zero-order valence-corrected chi connectivity index (χ0v) is 7.42. The van der Waals surface area contributed by atoms with Crippen LogP contribution in [0, 0.1) is 11.8 Å². The SMILES string of the molecule is COCCC(C)C1CCC1O. The molecule has 0 spiro atoms. The molecule has 2 heteroatoms. The van der Waals surface area contributed by atoms with Gasteiger partial charge in [0.2, 0.25) is 0 Å². The lowest BCUT2D eigenvalue weighted by Crippen LogP contribution is -2.36. The first-order valence-electron chi connectivity index (χ1n) is 4.42. The number of aliphatic hydroxyl groups excluding tert-OH is 1. The van der Waals surface area contributed by atoms with Crippen molar-refractivity contribution in [2.24, 2.45) is 11.8 Å². The molecule has 11 heavy (non-hydrogen) atoms. The summed E-state index contributed by atoms with van der Waals surface area (Å²) in [7, 11) is 1.73. The molecule has 0 amide bonds. The van der Waals surface area contributed by atoms with E-state index in [-0.39, 0.29) is 6.10 Å². The standard InChI is InChI=1S/C9H18O2/c1-7(5-6-11-2)8-3-4-9(8)10/h7-10H,3-6H2,1-2H3. The molecule has 66 valence electrons. The van der Waals surface area contributed by atoms with Crippen LogP contribution in [-0.4, -0.2) is 24.9 Å². The predicted octanol–water partition coefficient (Wildman–Crippen LogP) is 1.43. The molecule has 2 nitrogen and oxygen atoms in total. The van der Waals surface area contributed by atoms with Crippen LogP contribution in [0.4, 0.5) is 0 Å². The van der Waals surface area contributed by atoms with Gasteiger partial charge in [0, 0.05) is 13.7 Å². The molecule has 0 aliphatic heterocycles. The predicted molar refractivity (Wildman–Crippen MR) is 44.4 cm³/mol. The van der Waals surface area contributed by atoms with E-state index in [0.29, 0.717) is 11.8 Å². The van der Waals surface area contributed by atoms with Crippen molar-refractivity contribution in [3.63, 3.8) is 0 Å². The van der Waals surface area contributed by atoms with E-state index in [0.717, 1.165) is 19.4 Å². The normalized spacial score (nSPS) is 33.0. The van der Waals surface area contributed by atoms with Gasteiger partial charge in [0.25, 0.3) is 0 Å². The van der Waals surface area contributed by atoms with Gasteiger partial charge in [0.1, 0.15) is 0 Å². The molecule has 0 bridgehead atoms. The molecule has 0 heterocycles. The first-order valence-corrected chi connectivity index (χ1v) is 4.42. The fourth-order valence-corrected chi connectivity index (χ4v) is 1.69. The lowest BCUT2D eigenvalue weighted by molar-refractivity contribution is -0.0126. The summed E-state index contributed by atoms with van der Waals surface area (Å²) >= 11 is 0. The molecule has 1 N–H and O–H groups in total. The monoisotopic (exact) mass is 158 g/mol. The number of ether oxygens (including phenoxy) is 1. The van der Waals surface area contributed by atoms with Crippen LogP contribution in [0.5, 0.6) is 0 Å². The Morgan fingerprint density at radius 1 is 1.55 bits per heavy atom. The van der Waals surface area contributed by atoms with Crippen LogP contribution in [-0.2, 0) is 4.74 Å². The molecule has 0 radical (unpaired) electrons. The van der Waals surface area contributed by atoms with E-state index < -0.39 is 0 Å². The molecule has 0 saturated heterocycles. The van der Waals surface area contributed by atoms with E-state index >= 15 is 0 Å². The van der Waals surface area contributed by atoms with Gasteiger partial charge >= 0.3 is 0 Å². The summed E-state index contributed by atoms with van der Waals surface area (Å²) in [4.78, 5) is 0. The highest BCUT2D eigenvalue weighted by Crippen LogP contribution is 2.35. The molecule has 3 atom stereocenters. The lowest BCUT2D eigenvalue weighted by Gasteiger charge is -2.37. The summed E-state index contributed by atoms with van der Waals surface area (Å²) in [5.41, 5.74) is 0. The molecule has 1 aliphatic carbocycles. The van der Waals surface area contributed by atoms with Crippen molar-refractivity contribution in [2.45, 2.75) is 32.3 Å². The van der Waals surface area contributed by atoms with Crippen molar-refractivity contribution in [2.75, 3.05) is 13.7 Å². The topological polar surface area (TPSA) is 29.5 Å². The van der Waals surface area contributed by atoms with Gasteiger partial charge in [-0.2, -0.15) is 0 Å². The van der Waals surface area contributed by atoms with Gasteiger partial charge in [-0.25, -0.2) is 0 Å². The molecule has 0 aromatic rings. The van der Waals surface area contributed by atoms with Crippen LogP contribution in [0.1, 0.15) is 26.2 Å².